The molecule has 2 aliphatic rings. The molecule has 2 unspecified atom stereocenters. The number of anilines is 1. The van der Waals surface area contributed by atoms with E-state index >= 15 is 0 Å². The third-order valence-electron chi connectivity index (χ3n) is 4.92. The molecule has 0 saturated carbocycles. The molecule has 142 valence electrons. The molecule has 9 heteroatoms. The molecule has 0 bridgehead atoms. The Hall–Kier alpha value is -3.10. The average molecular weight is 370 g/mol. The van der Waals surface area contributed by atoms with E-state index in [1.165, 1.54) is 4.90 Å². The Kier molecular flexibility index (Phi) is 4.21. The minimum atomic E-state index is -0.514. The highest BCUT2D eigenvalue weighted by Gasteiger charge is 2.52. The second-order valence-electron chi connectivity index (χ2n) is 6.61. The van der Waals surface area contributed by atoms with Crippen molar-refractivity contribution in [3.05, 3.63) is 24.3 Å². The van der Waals surface area contributed by atoms with Gasteiger partial charge in [0.25, 0.3) is 5.91 Å². The third kappa shape index (κ3) is 2.61. The van der Waals surface area contributed by atoms with Crippen molar-refractivity contribution in [2.75, 3.05) is 25.1 Å². The number of hydrogen-bond donors (Lipinski definition) is 1. The number of aromatic nitrogens is 3. The normalized spacial score (nSPS) is 21.1. The van der Waals surface area contributed by atoms with E-state index in [0.29, 0.717) is 24.9 Å². The van der Waals surface area contributed by atoms with Gasteiger partial charge in [-0.15, -0.1) is 10.2 Å². The Labute approximate surface area is 156 Å². The predicted octanol–water partition coefficient (Wildman–Crippen LogP) is 1.62. The van der Waals surface area contributed by atoms with Crippen LogP contribution < -0.4 is 15.0 Å². The molecule has 2 atom stereocenters. The number of benzene rings is 1. The summed E-state index contributed by atoms with van der Waals surface area (Å²) in [7, 11) is 1.68. The van der Waals surface area contributed by atoms with Gasteiger partial charge in [-0.2, -0.15) is 0 Å². The molecule has 3 amide bonds. The Morgan fingerprint density at radius 2 is 1.89 bits per heavy atom. The van der Waals surface area contributed by atoms with E-state index in [4.69, 9.17) is 4.74 Å². The summed E-state index contributed by atoms with van der Waals surface area (Å²) in [5.74, 6) is 1.69. The Morgan fingerprint density at radius 3 is 2.56 bits per heavy atom. The van der Waals surface area contributed by atoms with Crippen LogP contribution in [0.25, 0.3) is 11.4 Å². The Bertz CT molecular complexity index is 878. The molecule has 1 saturated heterocycles. The van der Waals surface area contributed by atoms with Crippen LogP contribution in [-0.2, 0) is 4.79 Å². The first kappa shape index (κ1) is 17.3. The van der Waals surface area contributed by atoms with Crippen LogP contribution in [0.15, 0.2) is 24.3 Å². The number of imide groups is 1. The average Bonchev–Trinajstić information content (AvgIpc) is 3.21. The first-order valence-corrected chi connectivity index (χ1v) is 9.09. The van der Waals surface area contributed by atoms with Crippen molar-refractivity contribution in [3.8, 4) is 17.1 Å². The monoisotopic (exact) mass is 370 g/mol. The van der Waals surface area contributed by atoms with Crippen molar-refractivity contribution in [2.24, 2.45) is 0 Å². The van der Waals surface area contributed by atoms with Crippen molar-refractivity contribution in [1.82, 2.24) is 25.0 Å². The largest absolute Gasteiger partial charge is 0.494 e. The van der Waals surface area contributed by atoms with Crippen LogP contribution in [0.3, 0.4) is 0 Å². The molecule has 0 radical (unpaired) electrons. The lowest BCUT2D eigenvalue weighted by atomic mass is 10.1. The minimum absolute atomic E-state index is 0.306. The van der Waals surface area contributed by atoms with E-state index in [2.05, 4.69) is 15.5 Å². The summed E-state index contributed by atoms with van der Waals surface area (Å²) in [4.78, 5) is 28.2. The molecule has 4 rings (SSSR count). The van der Waals surface area contributed by atoms with Crippen molar-refractivity contribution in [2.45, 2.75) is 32.5 Å². The number of rotatable bonds is 5. The second-order valence-corrected chi connectivity index (χ2v) is 6.61. The van der Waals surface area contributed by atoms with Gasteiger partial charge in [-0.05, 0) is 37.6 Å². The minimum Gasteiger partial charge on any atom is -0.494 e. The van der Waals surface area contributed by atoms with Crippen molar-refractivity contribution in [3.63, 3.8) is 0 Å². The summed E-state index contributed by atoms with van der Waals surface area (Å²) in [5, 5.41) is 11.1. The van der Waals surface area contributed by atoms with E-state index in [9.17, 15) is 9.59 Å². The number of carbonyl (C=O) groups is 2. The summed E-state index contributed by atoms with van der Waals surface area (Å²) in [5.41, 5.74) is 0.848. The predicted molar refractivity (Wildman–Crippen MR) is 98.4 cm³/mol. The van der Waals surface area contributed by atoms with Crippen molar-refractivity contribution >= 4 is 17.9 Å². The highest BCUT2D eigenvalue weighted by Crippen LogP contribution is 2.40. The van der Waals surface area contributed by atoms with Gasteiger partial charge in [-0.25, -0.2) is 4.79 Å². The lowest BCUT2D eigenvalue weighted by molar-refractivity contribution is -0.124. The fraction of sp³-hybridized carbons (Fsp3) is 0.444. The lowest BCUT2D eigenvalue weighted by Gasteiger charge is -2.36. The van der Waals surface area contributed by atoms with Gasteiger partial charge in [0.05, 0.1) is 6.61 Å². The second kappa shape index (κ2) is 6.57. The van der Waals surface area contributed by atoms with Crippen LogP contribution in [0.1, 0.15) is 26.4 Å². The van der Waals surface area contributed by atoms with Crippen LogP contribution in [0.2, 0.25) is 0 Å². The summed E-state index contributed by atoms with van der Waals surface area (Å²) in [6.45, 7) is 5.22. The summed E-state index contributed by atoms with van der Waals surface area (Å²) in [6.07, 6.45) is 0.365. The summed E-state index contributed by atoms with van der Waals surface area (Å²) >= 11 is 0. The summed E-state index contributed by atoms with van der Waals surface area (Å²) < 4.78 is 7.38. The zero-order valence-corrected chi connectivity index (χ0v) is 15.5. The van der Waals surface area contributed by atoms with Crippen LogP contribution in [0, 0.1) is 0 Å². The third-order valence-corrected chi connectivity index (χ3v) is 4.92. The van der Waals surface area contributed by atoms with Gasteiger partial charge >= 0.3 is 6.03 Å². The number of likely N-dealkylation sites (N-methyl/N-ethyl adjacent to an activating group) is 1. The van der Waals surface area contributed by atoms with Crippen LogP contribution in [0.5, 0.6) is 5.75 Å². The number of nitrogens with zero attached hydrogens (tertiary/aromatic N) is 5. The number of ether oxygens (including phenoxy) is 1. The maximum absolute atomic E-state index is 12.6. The van der Waals surface area contributed by atoms with E-state index in [-0.39, 0.29) is 5.91 Å². The molecule has 27 heavy (non-hydrogen) atoms. The first-order valence-electron chi connectivity index (χ1n) is 9.09. The van der Waals surface area contributed by atoms with Crippen molar-refractivity contribution in [1.29, 1.82) is 0 Å². The Morgan fingerprint density at radius 1 is 1.15 bits per heavy atom. The number of hydrogen-bond acceptors (Lipinski definition) is 6. The highest BCUT2D eigenvalue weighted by molar-refractivity contribution is 6.02. The van der Waals surface area contributed by atoms with Gasteiger partial charge in [0.2, 0.25) is 5.95 Å². The standard InChI is InChI=1S/C18H22N6O3/c1-4-10-23-13-15(25)19-18(26)22(3)16(13)24-14(20-21-17(23)24)11-6-8-12(9-7-11)27-5-2/h6-9,13,16H,4-5,10H2,1-3H3,(H,19,25,26). The quantitative estimate of drug-likeness (QED) is 0.860. The molecule has 1 fully saturated rings. The molecule has 3 heterocycles. The number of amides is 3. The maximum atomic E-state index is 12.6. The van der Waals surface area contributed by atoms with Crippen LogP contribution in [-0.4, -0.2) is 57.8 Å². The molecule has 1 N–H and O–H groups in total. The SMILES string of the molecule is CCCN1c2nnc(-c3ccc(OCC)cc3)n2C2C1C(=O)NC(=O)N2C. The van der Waals surface area contributed by atoms with Gasteiger partial charge in [0.15, 0.2) is 11.9 Å². The number of urea groups is 1. The number of carbonyl (C=O) groups excluding carboxylic acids is 2. The van der Waals surface area contributed by atoms with E-state index in [1.54, 1.807) is 7.05 Å². The smallest absolute Gasteiger partial charge is 0.325 e. The molecule has 2 aliphatic heterocycles. The molecular weight excluding hydrogens is 348 g/mol. The molecule has 9 nitrogen and oxygen atoms in total. The Balaban J connectivity index is 1.80. The lowest BCUT2D eigenvalue weighted by Crippen LogP contribution is -2.61. The van der Waals surface area contributed by atoms with Gasteiger partial charge in [0, 0.05) is 19.2 Å². The molecule has 1 aromatic heterocycles. The van der Waals surface area contributed by atoms with Crippen LogP contribution >= 0.6 is 0 Å². The van der Waals surface area contributed by atoms with Crippen molar-refractivity contribution < 1.29 is 14.3 Å². The van der Waals surface area contributed by atoms with Gasteiger partial charge in [0.1, 0.15) is 11.9 Å². The van der Waals surface area contributed by atoms with E-state index < -0.39 is 18.2 Å². The van der Waals surface area contributed by atoms with Gasteiger partial charge < -0.3 is 14.5 Å². The molecule has 0 spiro atoms. The highest BCUT2D eigenvalue weighted by atomic mass is 16.5. The zero-order valence-electron chi connectivity index (χ0n) is 15.5. The molecule has 0 aliphatic carbocycles. The zero-order chi connectivity index (χ0) is 19.1. The number of nitrogens with one attached hydrogen (secondary N) is 1. The molecular formula is C18H22N6O3. The van der Waals surface area contributed by atoms with E-state index in [1.807, 2.05) is 47.6 Å². The van der Waals surface area contributed by atoms with E-state index in [0.717, 1.165) is 17.7 Å². The van der Waals surface area contributed by atoms with Crippen LogP contribution in [0.4, 0.5) is 10.7 Å². The topological polar surface area (TPSA) is 92.6 Å². The summed E-state index contributed by atoms with van der Waals surface area (Å²) in [6, 6.07) is 6.63. The van der Waals surface area contributed by atoms with Gasteiger partial charge in [-0.3, -0.25) is 14.7 Å². The number of fused-ring (bicyclic) bond motifs is 3. The molecule has 1 aromatic carbocycles. The van der Waals surface area contributed by atoms with Gasteiger partial charge in [-0.1, -0.05) is 6.92 Å². The maximum Gasteiger partial charge on any atom is 0.325 e. The molecule has 2 aromatic rings. The first-order chi connectivity index (χ1) is 13.1. The fourth-order valence-electron chi connectivity index (χ4n) is 3.74. The fourth-order valence-corrected chi connectivity index (χ4v) is 3.74.